The van der Waals surface area contributed by atoms with Crippen LogP contribution < -0.4 is 4.72 Å². The molecule has 0 bridgehead atoms. The summed E-state index contributed by atoms with van der Waals surface area (Å²) in [5, 5.41) is 0.517. The molecule has 1 atom stereocenters. The number of aryl methyl sites for hydroxylation is 2. The highest BCUT2D eigenvalue weighted by Crippen LogP contribution is 2.27. The summed E-state index contributed by atoms with van der Waals surface area (Å²) < 4.78 is 33.5. The third kappa shape index (κ3) is 4.29. The molecule has 1 aliphatic carbocycles. The van der Waals surface area contributed by atoms with Gasteiger partial charge in [0, 0.05) is 17.5 Å². The van der Waals surface area contributed by atoms with Crippen molar-refractivity contribution in [1.29, 1.82) is 0 Å². The fourth-order valence-corrected chi connectivity index (χ4v) is 5.14. The number of sulfonamides is 1. The van der Waals surface area contributed by atoms with Crippen molar-refractivity contribution >= 4 is 21.6 Å². The second kappa shape index (κ2) is 8.07. The Morgan fingerprint density at radius 3 is 2.71 bits per heavy atom. The molecule has 0 fully saturated rings. The van der Waals surface area contributed by atoms with Crippen molar-refractivity contribution in [2.24, 2.45) is 0 Å². The van der Waals surface area contributed by atoms with Crippen LogP contribution in [0, 0.1) is 0 Å². The summed E-state index contributed by atoms with van der Waals surface area (Å²) in [5.41, 5.74) is 3.82. The number of nitrogens with one attached hydrogen (secondary N) is 1. The van der Waals surface area contributed by atoms with Gasteiger partial charge in [-0.25, -0.2) is 18.1 Å². The van der Waals surface area contributed by atoms with Crippen LogP contribution in [0.15, 0.2) is 64.2 Å². The molecule has 146 valence electrons. The molecule has 0 saturated carbocycles. The Morgan fingerprint density at radius 2 is 1.96 bits per heavy atom. The Kier molecular flexibility index (Phi) is 5.53. The molecule has 1 aliphatic rings. The van der Waals surface area contributed by atoms with E-state index in [9.17, 15) is 8.42 Å². The summed E-state index contributed by atoms with van der Waals surface area (Å²) >= 11 is 5.86. The lowest BCUT2D eigenvalue weighted by atomic mass is 9.85. The van der Waals surface area contributed by atoms with Crippen molar-refractivity contribution in [3.05, 3.63) is 82.5 Å². The normalized spacial score (nSPS) is 16.7. The van der Waals surface area contributed by atoms with Crippen LogP contribution in [-0.4, -0.2) is 19.4 Å². The average molecular weight is 417 g/mol. The second-order valence-electron chi connectivity index (χ2n) is 7.00. The zero-order valence-electron chi connectivity index (χ0n) is 15.3. The number of hydrogen-bond acceptors (Lipinski definition) is 4. The van der Waals surface area contributed by atoms with Gasteiger partial charge < -0.3 is 4.42 Å². The summed E-state index contributed by atoms with van der Waals surface area (Å²) in [6.45, 7) is 0. The fraction of sp³-hybridized carbons (Fsp3) is 0.286. The second-order valence-corrected chi connectivity index (χ2v) is 9.15. The van der Waals surface area contributed by atoms with E-state index < -0.39 is 10.0 Å². The third-order valence-corrected chi connectivity index (χ3v) is 6.90. The first-order valence-corrected chi connectivity index (χ1v) is 11.1. The van der Waals surface area contributed by atoms with E-state index in [4.69, 9.17) is 16.0 Å². The number of benzene rings is 2. The van der Waals surface area contributed by atoms with Crippen LogP contribution >= 0.6 is 11.6 Å². The van der Waals surface area contributed by atoms with Gasteiger partial charge in [0.1, 0.15) is 6.26 Å². The lowest BCUT2D eigenvalue weighted by Gasteiger charge is -2.27. The van der Waals surface area contributed by atoms with E-state index in [-0.39, 0.29) is 10.9 Å². The summed E-state index contributed by atoms with van der Waals surface area (Å²) in [6, 6.07) is 12.4. The highest BCUT2D eigenvalue weighted by Gasteiger charge is 2.25. The lowest BCUT2D eigenvalue weighted by Crippen LogP contribution is -2.39. The van der Waals surface area contributed by atoms with Crippen molar-refractivity contribution in [1.82, 2.24) is 9.71 Å². The van der Waals surface area contributed by atoms with Crippen molar-refractivity contribution in [2.75, 3.05) is 0 Å². The van der Waals surface area contributed by atoms with Crippen molar-refractivity contribution in [3.63, 3.8) is 0 Å². The van der Waals surface area contributed by atoms with Crippen molar-refractivity contribution in [3.8, 4) is 0 Å². The maximum atomic E-state index is 12.7. The van der Waals surface area contributed by atoms with Crippen LogP contribution in [0.5, 0.6) is 0 Å². The van der Waals surface area contributed by atoms with Crippen molar-refractivity contribution < 1.29 is 12.8 Å². The Balaban J connectivity index is 1.46. The molecule has 1 heterocycles. The molecule has 5 nitrogen and oxygen atoms in total. The number of rotatable bonds is 6. The average Bonchev–Trinajstić information content (AvgIpc) is 3.20. The van der Waals surface area contributed by atoms with Gasteiger partial charge in [-0.2, -0.15) is 0 Å². The molecule has 2 aromatic carbocycles. The van der Waals surface area contributed by atoms with Crippen LogP contribution in [0.3, 0.4) is 0 Å². The van der Waals surface area contributed by atoms with Crippen molar-refractivity contribution in [2.45, 2.75) is 43.0 Å². The summed E-state index contributed by atoms with van der Waals surface area (Å²) in [5.74, 6) is 0.738. The topological polar surface area (TPSA) is 72.2 Å². The van der Waals surface area contributed by atoms with E-state index in [0.29, 0.717) is 11.4 Å². The minimum absolute atomic E-state index is 0.116. The first kappa shape index (κ1) is 19.2. The Hall–Kier alpha value is -2.15. The molecule has 7 heteroatoms. The lowest BCUT2D eigenvalue weighted by molar-refractivity contribution is 0.490. The van der Waals surface area contributed by atoms with Crippen LogP contribution in [0.25, 0.3) is 0 Å². The highest BCUT2D eigenvalue weighted by atomic mass is 35.5. The number of halogens is 1. The van der Waals surface area contributed by atoms with E-state index in [1.807, 2.05) is 6.07 Å². The van der Waals surface area contributed by atoms with E-state index in [1.165, 1.54) is 28.8 Å². The van der Waals surface area contributed by atoms with E-state index >= 15 is 0 Å². The van der Waals surface area contributed by atoms with E-state index in [1.54, 1.807) is 24.6 Å². The molecule has 1 aromatic heterocycles. The monoisotopic (exact) mass is 416 g/mol. The third-order valence-electron chi connectivity index (χ3n) is 5.12. The Morgan fingerprint density at radius 1 is 1.14 bits per heavy atom. The zero-order chi connectivity index (χ0) is 19.6. The number of nitrogens with zero attached hydrogens (tertiary/aromatic N) is 1. The molecule has 4 rings (SSSR count). The quantitative estimate of drug-likeness (QED) is 0.660. The fourth-order valence-electron chi connectivity index (χ4n) is 3.74. The van der Waals surface area contributed by atoms with Gasteiger partial charge >= 0.3 is 0 Å². The van der Waals surface area contributed by atoms with Gasteiger partial charge in [0.25, 0.3) is 0 Å². The molecule has 3 aromatic rings. The minimum atomic E-state index is -3.56. The number of oxazole rings is 1. The first-order chi connectivity index (χ1) is 13.5. The van der Waals surface area contributed by atoms with Gasteiger partial charge in [-0.1, -0.05) is 29.8 Å². The van der Waals surface area contributed by atoms with E-state index in [2.05, 4.69) is 21.8 Å². The predicted molar refractivity (Wildman–Crippen MR) is 108 cm³/mol. The van der Waals surface area contributed by atoms with Crippen LogP contribution in [0.2, 0.25) is 5.02 Å². The smallest absolute Gasteiger partial charge is 0.240 e. The molecule has 0 aliphatic heterocycles. The van der Waals surface area contributed by atoms with Crippen LogP contribution in [-0.2, 0) is 35.7 Å². The number of aromatic nitrogens is 1. The standard InChI is InChI=1S/C21H21ClN2O3S/c22-17-5-8-19(9-6-17)28(25,26)24-18-7-10-20-15(2-1-3-16(20)14-18)4-11-21-23-12-13-27-21/h1-3,5-6,8-9,12-13,18,24H,4,7,10-11,14H2. The predicted octanol–water partition coefficient (Wildman–Crippen LogP) is 3.95. The molecule has 1 unspecified atom stereocenters. The summed E-state index contributed by atoms with van der Waals surface area (Å²) in [7, 11) is -3.56. The largest absolute Gasteiger partial charge is 0.449 e. The highest BCUT2D eigenvalue weighted by molar-refractivity contribution is 7.89. The molecular formula is C21H21ClN2O3S. The molecular weight excluding hydrogens is 396 g/mol. The Bertz CT molecular complexity index is 1050. The molecule has 0 spiro atoms. The maximum Gasteiger partial charge on any atom is 0.240 e. The Labute approximate surface area is 169 Å². The molecule has 0 radical (unpaired) electrons. The van der Waals surface area contributed by atoms with Gasteiger partial charge in [0.15, 0.2) is 5.89 Å². The molecule has 0 amide bonds. The minimum Gasteiger partial charge on any atom is -0.449 e. The summed E-state index contributed by atoms with van der Waals surface area (Å²) in [6.07, 6.45) is 7.19. The molecule has 1 N–H and O–H groups in total. The van der Waals surface area contributed by atoms with Crippen LogP contribution in [0.1, 0.15) is 29.0 Å². The summed E-state index contributed by atoms with van der Waals surface area (Å²) in [4.78, 5) is 4.42. The van der Waals surface area contributed by atoms with Crippen LogP contribution in [0.4, 0.5) is 0 Å². The van der Waals surface area contributed by atoms with Gasteiger partial charge in [-0.3, -0.25) is 0 Å². The molecule has 0 saturated heterocycles. The van der Waals surface area contributed by atoms with Gasteiger partial charge in [0.2, 0.25) is 10.0 Å². The van der Waals surface area contributed by atoms with Gasteiger partial charge in [-0.05, 0) is 66.6 Å². The number of fused-ring (bicyclic) bond motifs is 1. The maximum absolute atomic E-state index is 12.7. The van der Waals surface area contributed by atoms with Gasteiger partial charge in [-0.15, -0.1) is 0 Å². The van der Waals surface area contributed by atoms with E-state index in [0.717, 1.165) is 31.6 Å². The molecule has 28 heavy (non-hydrogen) atoms. The number of hydrogen-bond donors (Lipinski definition) is 1. The first-order valence-electron chi connectivity index (χ1n) is 9.27. The van der Waals surface area contributed by atoms with Gasteiger partial charge in [0.05, 0.1) is 11.1 Å². The zero-order valence-corrected chi connectivity index (χ0v) is 16.8. The SMILES string of the molecule is O=S(=O)(NC1CCc2c(CCc3ncco3)cccc2C1)c1ccc(Cl)cc1.